The molecule has 3 aromatic rings. The zero-order chi connectivity index (χ0) is 24.6. The normalized spacial score (nSPS) is 19.4. The summed E-state index contributed by atoms with van der Waals surface area (Å²) in [7, 11) is 0. The number of nitrogens with zero attached hydrogens (tertiary/aromatic N) is 4. The first kappa shape index (κ1) is 23.4. The highest BCUT2D eigenvalue weighted by atomic mass is 35.5. The molecule has 0 amide bonds. The van der Waals surface area contributed by atoms with E-state index in [1.165, 1.54) is 0 Å². The maximum atomic E-state index is 13.6. The van der Waals surface area contributed by atoms with E-state index < -0.39 is 0 Å². The smallest absolute Gasteiger partial charge is 0.239 e. The van der Waals surface area contributed by atoms with Crippen molar-refractivity contribution in [2.24, 2.45) is 15.6 Å². The van der Waals surface area contributed by atoms with Gasteiger partial charge in [0.05, 0.1) is 17.1 Å². The van der Waals surface area contributed by atoms with E-state index in [2.05, 4.69) is 29.1 Å². The molecule has 1 aliphatic heterocycles. The number of carbonyl (C=O) groups is 1. The molecule has 1 unspecified atom stereocenters. The van der Waals surface area contributed by atoms with Crippen molar-refractivity contribution < 1.29 is 4.79 Å². The molecule has 1 aliphatic carbocycles. The summed E-state index contributed by atoms with van der Waals surface area (Å²) < 4.78 is 0. The fraction of sp³-hybridized carbons (Fsp3) is 0.214. The Balaban J connectivity index is 1.68. The van der Waals surface area contributed by atoms with E-state index in [1.807, 2.05) is 89.9 Å². The number of benzene rings is 3. The number of Topliss-reactive ketones (excluding diaryl/α,β-unsaturated/α-hetero) is 1. The Morgan fingerprint density at radius 1 is 0.971 bits per heavy atom. The van der Waals surface area contributed by atoms with Gasteiger partial charge in [-0.15, -0.1) is 10.2 Å². The molecule has 0 aromatic heterocycles. The van der Waals surface area contributed by atoms with Gasteiger partial charge in [0.25, 0.3) is 0 Å². The lowest BCUT2D eigenvalue weighted by Crippen LogP contribution is -2.42. The summed E-state index contributed by atoms with van der Waals surface area (Å²) in [6.07, 6.45) is 1.16. The number of azo groups is 1. The number of ketones is 1. The van der Waals surface area contributed by atoms with Gasteiger partial charge in [-0.3, -0.25) is 9.80 Å². The minimum Gasteiger partial charge on any atom is -0.294 e. The van der Waals surface area contributed by atoms with E-state index in [-0.39, 0.29) is 22.4 Å². The summed E-state index contributed by atoms with van der Waals surface area (Å²) in [5.74, 6) is 0.118. The maximum absolute atomic E-state index is 13.6. The Morgan fingerprint density at radius 2 is 1.66 bits per heavy atom. The molecule has 0 fully saturated rings. The van der Waals surface area contributed by atoms with Gasteiger partial charge in [0, 0.05) is 17.0 Å². The van der Waals surface area contributed by atoms with Crippen molar-refractivity contribution in [3.05, 3.63) is 107 Å². The largest absolute Gasteiger partial charge is 0.294 e. The van der Waals surface area contributed by atoms with Crippen LogP contribution in [0, 0.1) is 5.41 Å². The Morgan fingerprint density at radius 3 is 2.34 bits per heavy atom. The number of hydrogen-bond donors (Lipinski definition) is 0. The van der Waals surface area contributed by atoms with Gasteiger partial charge in [-0.2, -0.15) is 0 Å². The lowest BCUT2D eigenvalue weighted by molar-refractivity contribution is -0.118. The predicted molar refractivity (Wildman–Crippen MR) is 144 cm³/mol. The van der Waals surface area contributed by atoms with Crippen LogP contribution in [0.5, 0.6) is 0 Å². The van der Waals surface area contributed by atoms with Crippen molar-refractivity contribution in [1.82, 2.24) is 5.01 Å². The standard InChI is InChI=1S/C28H25ClN4OS/c1-28(2)17-23-25(24(34)18-28)26(19-10-9-11-20(29)16-19)32(22-14-7-4-8-15-22)33(23)27(35)31-30-21-12-5-3-6-13-21/h3-16,26H,17-18H2,1-2H3. The van der Waals surface area contributed by atoms with Crippen molar-refractivity contribution in [3.8, 4) is 0 Å². The van der Waals surface area contributed by atoms with E-state index in [9.17, 15) is 4.79 Å². The lowest BCUT2D eigenvalue weighted by atomic mass is 9.74. The Kier molecular flexibility index (Phi) is 6.26. The predicted octanol–water partition coefficient (Wildman–Crippen LogP) is 7.83. The van der Waals surface area contributed by atoms with Gasteiger partial charge in [-0.05, 0) is 66.0 Å². The Bertz CT molecular complexity index is 1340. The SMILES string of the molecule is CC1(C)CC(=O)C2=C(C1)N(C(=S)N=Nc1ccccc1)N(c1ccccc1)C2c1cccc(Cl)c1. The zero-order valence-corrected chi connectivity index (χ0v) is 21.1. The quantitative estimate of drug-likeness (QED) is 0.271. The first-order valence-corrected chi connectivity index (χ1v) is 12.3. The number of rotatable bonds is 3. The van der Waals surface area contributed by atoms with Gasteiger partial charge in [-0.1, -0.05) is 74.0 Å². The fourth-order valence-electron chi connectivity index (χ4n) is 4.84. The van der Waals surface area contributed by atoms with Crippen LogP contribution in [-0.2, 0) is 4.79 Å². The summed E-state index contributed by atoms with van der Waals surface area (Å²) in [5.41, 5.74) is 3.94. The van der Waals surface area contributed by atoms with Crippen molar-refractivity contribution in [3.63, 3.8) is 0 Å². The highest BCUT2D eigenvalue weighted by molar-refractivity contribution is 7.80. The molecule has 0 saturated carbocycles. The van der Waals surface area contributed by atoms with Crippen molar-refractivity contribution in [2.45, 2.75) is 32.7 Å². The van der Waals surface area contributed by atoms with Crippen LogP contribution in [0.1, 0.15) is 38.3 Å². The second-order valence-electron chi connectivity index (χ2n) is 9.57. The minimum absolute atomic E-state index is 0.118. The molecule has 0 saturated heterocycles. The number of hydrazine groups is 1. The Hall–Kier alpha value is -3.35. The third kappa shape index (κ3) is 4.64. The molecular weight excluding hydrogens is 476 g/mol. The molecule has 1 atom stereocenters. The molecule has 0 radical (unpaired) electrons. The molecule has 0 spiro atoms. The van der Waals surface area contributed by atoms with Crippen LogP contribution in [0.2, 0.25) is 5.02 Å². The molecular formula is C28H25ClN4OS. The summed E-state index contributed by atoms with van der Waals surface area (Å²) in [5, 5.41) is 13.7. The molecule has 176 valence electrons. The second-order valence-corrected chi connectivity index (χ2v) is 10.4. The molecule has 5 rings (SSSR count). The first-order chi connectivity index (χ1) is 16.8. The number of halogens is 1. The number of hydrogen-bond acceptors (Lipinski definition) is 4. The molecule has 5 nitrogen and oxygen atoms in total. The van der Waals surface area contributed by atoms with E-state index in [1.54, 1.807) is 0 Å². The molecule has 3 aromatic carbocycles. The van der Waals surface area contributed by atoms with Gasteiger partial charge in [0.15, 0.2) is 5.78 Å². The third-order valence-corrected chi connectivity index (χ3v) is 6.75. The van der Waals surface area contributed by atoms with Crippen LogP contribution >= 0.6 is 23.8 Å². The zero-order valence-electron chi connectivity index (χ0n) is 19.6. The molecule has 0 bridgehead atoms. The van der Waals surface area contributed by atoms with Gasteiger partial charge in [0.1, 0.15) is 6.04 Å². The van der Waals surface area contributed by atoms with Crippen LogP contribution in [0.25, 0.3) is 0 Å². The van der Waals surface area contributed by atoms with Crippen molar-refractivity contribution >= 4 is 46.1 Å². The molecule has 1 heterocycles. The molecule has 35 heavy (non-hydrogen) atoms. The van der Waals surface area contributed by atoms with Crippen molar-refractivity contribution in [1.29, 1.82) is 0 Å². The number of allylic oxidation sites excluding steroid dienone is 1. The van der Waals surface area contributed by atoms with E-state index in [0.717, 1.165) is 22.5 Å². The number of para-hydroxylation sites is 1. The van der Waals surface area contributed by atoms with Crippen LogP contribution in [0.3, 0.4) is 0 Å². The first-order valence-electron chi connectivity index (χ1n) is 11.5. The number of carbonyl (C=O) groups excluding carboxylic acids is 1. The highest BCUT2D eigenvalue weighted by Gasteiger charge is 2.49. The van der Waals surface area contributed by atoms with Gasteiger partial charge < -0.3 is 0 Å². The molecule has 0 N–H and O–H groups in total. The minimum atomic E-state index is -0.375. The average molecular weight is 501 g/mol. The lowest BCUT2D eigenvalue weighted by Gasteiger charge is -2.37. The van der Waals surface area contributed by atoms with Crippen LogP contribution in [0.4, 0.5) is 11.4 Å². The maximum Gasteiger partial charge on any atom is 0.239 e. The highest BCUT2D eigenvalue weighted by Crippen LogP contribution is 2.51. The second kappa shape index (κ2) is 9.36. The van der Waals surface area contributed by atoms with Gasteiger partial charge in [0.2, 0.25) is 5.11 Å². The van der Waals surface area contributed by atoms with Gasteiger partial charge >= 0.3 is 0 Å². The summed E-state index contributed by atoms with van der Waals surface area (Å²) in [6, 6.07) is 26.7. The average Bonchev–Trinajstić information content (AvgIpc) is 3.18. The summed E-state index contributed by atoms with van der Waals surface area (Å²) in [4.78, 5) is 13.6. The van der Waals surface area contributed by atoms with Crippen LogP contribution in [-0.4, -0.2) is 15.9 Å². The summed E-state index contributed by atoms with van der Waals surface area (Å²) in [6.45, 7) is 4.22. The summed E-state index contributed by atoms with van der Waals surface area (Å²) >= 11 is 12.3. The molecule has 2 aliphatic rings. The van der Waals surface area contributed by atoms with E-state index in [4.69, 9.17) is 23.8 Å². The monoisotopic (exact) mass is 500 g/mol. The third-order valence-electron chi connectivity index (χ3n) is 6.26. The van der Waals surface area contributed by atoms with E-state index >= 15 is 0 Å². The number of thiocarbonyl (C=S) groups is 1. The number of anilines is 1. The topological polar surface area (TPSA) is 48.3 Å². The van der Waals surface area contributed by atoms with E-state index in [0.29, 0.717) is 23.6 Å². The fourth-order valence-corrected chi connectivity index (χ4v) is 5.28. The van der Waals surface area contributed by atoms with Crippen LogP contribution < -0.4 is 5.01 Å². The van der Waals surface area contributed by atoms with Crippen molar-refractivity contribution in [2.75, 3.05) is 5.01 Å². The molecule has 7 heteroatoms. The van der Waals surface area contributed by atoms with Crippen LogP contribution in [0.15, 0.2) is 106 Å². The Labute approximate surface area is 215 Å². The van der Waals surface area contributed by atoms with Gasteiger partial charge in [-0.25, -0.2) is 5.01 Å².